The smallest absolute Gasteiger partial charge is 0.280 e. The maximum absolute atomic E-state index is 12.9. The Bertz CT molecular complexity index is 725. The second-order valence-corrected chi connectivity index (χ2v) is 9.66. The van der Waals surface area contributed by atoms with E-state index < -0.39 is 22.2 Å². The third-order valence-corrected chi connectivity index (χ3v) is 7.50. The zero-order valence-corrected chi connectivity index (χ0v) is 17.2. The van der Waals surface area contributed by atoms with Crippen molar-refractivity contribution in [1.82, 2.24) is 19.2 Å². The van der Waals surface area contributed by atoms with Gasteiger partial charge in [-0.25, -0.2) is 0 Å². The number of hydrogen-bond donors (Lipinski definition) is 2. The molecule has 28 heavy (non-hydrogen) atoms. The maximum atomic E-state index is 12.9. The van der Waals surface area contributed by atoms with Crippen LogP contribution < -0.4 is 10.0 Å². The zero-order chi connectivity index (χ0) is 20.3. The molecule has 9 nitrogen and oxygen atoms in total. The largest absolute Gasteiger partial charge is 0.355 e. The molecule has 0 aliphatic carbocycles. The minimum atomic E-state index is -3.87. The summed E-state index contributed by atoms with van der Waals surface area (Å²) in [6.45, 7) is 3.01. The first-order chi connectivity index (χ1) is 13.3. The van der Waals surface area contributed by atoms with Gasteiger partial charge in [0.2, 0.25) is 11.8 Å². The lowest BCUT2D eigenvalue weighted by Gasteiger charge is -2.35. The molecule has 0 aromatic carbocycles. The van der Waals surface area contributed by atoms with E-state index in [-0.39, 0.29) is 30.2 Å². The van der Waals surface area contributed by atoms with Crippen LogP contribution in [0.3, 0.4) is 0 Å². The first-order valence-electron chi connectivity index (χ1n) is 10.2. The highest BCUT2D eigenvalue weighted by atomic mass is 32.2. The third kappa shape index (κ3) is 4.72. The molecule has 0 aromatic heterocycles. The van der Waals surface area contributed by atoms with Crippen LogP contribution in [0.25, 0.3) is 0 Å². The van der Waals surface area contributed by atoms with Gasteiger partial charge < -0.3 is 10.2 Å². The summed E-state index contributed by atoms with van der Waals surface area (Å²) in [5.41, 5.74) is 0. The molecule has 0 radical (unpaired) electrons. The Morgan fingerprint density at radius 3 is 2.57 bits per heavy atom. The predicted molar refractivity (Wildman–Crippen MR) is 102 cm³/mol. The van der Waals surface area contributed by atoms with E-state index in [0.717, 1.165) is 19.3 Å². The molecule has 158 valence electrons. The molecule has 0 spiro atoms. The Hall–Kier alpha value is -1.52. The van der Waals surface area contributed by atoms with Crippen molar-refractivity contribution >= 4 is 27.8 Å². The number of Topliss-reactive ketones (excluding diaryl/α,β-unsaturated/α-hetero) is 1. The van der Waals surface area contributed by atoms with Gasteiger partial charge in [0, 0.05) is 26.2 Å². The molecule has 3 saturated heterocycles. The van der Waals surface area contributed by atoms with E-state index in [2.05, 4.69) is 10.0 Å². The molecule has 0 aromatic rings. The van der Waals surface area contributed by atoms with E-state index in [1.807, 2.05) is 0 Å². The second kappa shape index (κ2) is 8.87. The van der Waals surface area contributed by atoms with Crippen LogP contribution in [0.1, 0.15) is 51.9 Å². The van der Waals surface area contributed by atoms with Crippen molar-refractivity contribution < 1.29 is 22.8 Å². The molecule has 0 bridgehead atoms. The van der Waals surface area contributed by atoms with Crippen LogP contribution >= 0.6 is 0 Å². The quantitative estimate of drug-likeness (QED) is 0.645. The monoisotopic (exact) mass is 414 g/mol. The van der Waals surface area contributed by atoms with Gasteiger partial charge in [-0.3, -0.25) is 14.4 Å². The van der Waals surface area contributed by atoms with Crippen molar-refractivity contribution in [1.29, 1.82) is 0 Å². The summed E-state index contributed by atoms with van der Waals surface area (Å²) in [6, 6.07) is -1.16. The molecule has 3 aliphatic rings. The molecular formula is C18H30N4O5S. The van der Waals surface area contributed by atoms with Gasteiger partial charge in [-0.15, -0.1) is 0 Å². The normalized spacial score (nSPS) is 30.0. The maximum Gasteiger partial charge on any atom is 0.280 e. The number of amides is 2. The summed E-state index contributed by atoms with van der Waals surface area (Å²) in [5, 5.41) is 2.72. The Labute approximate surface area is 166 Å². The highest BCUT2D eigenvalue weighted by Gasteiger charge is 2.40. The molecule has 0 saturated carbocycles. The van der Waals surface area contributed by atoms with Crippen molar-refractivity contribution in [3.05, 3.63) is 0 Å². The topological polar surface area (TPSA) is 116 Å². The lowest BCUT2D eigenvalue weighted by Crippen LogP contribution is -2.54. The van der Waals surface area contributed by atoms with Crippen LogP contribution in [-0.4, -0.2) is 73.5 Å². The standard InChI is InChI=1S/C18H30N4O5S/c1-13(23)16-8-5-11-22(16)18(25)14-6-4-10-21(12-14)28(26,27)20-15-7-2-3-9-19-17(15)24/h14-16,20H,2-12H2,1H3,(H,19,24)/t14-,15?,16+/m0/s1. The highest BCUT2D eigenvalue weighted by molar-refractivity contribution is 7.87. The van der Waals surface area contributed by atoms with Crippen molar-refractivity contribution in [3.63, 3.8) is 0 Å². The molecule has 2 amide bonds. The number of ketones is 1. The van der Waals surface area contributed by atoms with Crippen molar-refractivity contribution in [2.75, 3.05) is 26.2 Å². The minimum absolute atomic E-state index is 0.0211. The molecule has 2 N–H and O–H groups in total. The number of hydrogen-bond acceptors (Lipinski definition) is 5. The number of piperidine rings is 1. The summed E-state index contributed by atoms with van der Waals surface area (Å²) in [6.07, 6.45) is 4.72. The van der Waals surface area contributed by atoms with E-state index >= 15 is 0 Å². The van der Waals surface area contributed by atoms with Crippen LogP contribution in [0.2, 0.25) is 0 Å². The van der Waals surface area contributed by atoms with Crippen LogP contribution in [-0.2, 0) is 24.6 Å². The SMILES string of the molecule is CC(=O)[C@H]1CCCN1C(=O)[C@H]1CCCN(S(=O)(=O)NC2CCCCNC2=O)C1. The summed E-state index contributed by atoms with van der Waals surface area (Å²) in [4.78, 5) is 38.4. The highest BCUT2D eigenvalue weighted by Crippen LogP contribution is 2.26. The molecule has 3 aliphatic heterocycles. The van der Waals surface area contributed by atoms with Crippen LogP contribution in [0, 0.1) is 5.92 Å². The van der Waals surface area contributed by atoms with Gasteiger partial charge in [-0.05, 0) is 51.9 Å². The van der Waals surface area contributed by atoms with Gasteiger partial charge in [-0.1, -0.05) is 0 Å². The minimum Gasteiger partial charge on any atom is -0.355 e. The number of nitrogens with zero attached hydrogens (tertiary/aromatic N) is 2. The van der Waals surface area contributed by atoms with E-state index in [1.54, 1.807) is 4.90 Å². The number of rotatable bonds is 5. The molecular weight excluding hydrogens is 384 g/mol. The van der Waals surface area contributed by atoms with Gasteiger partial charge in [0.15, 0.2) is 5.78 Å². The number of carbonyl (C=O) groups is 3. The van der Waals surface area contributed by atoms with Gasteiger partial charge in [0.05, 0.1) is 12.0 Å². The first-order valence-corrected chi connectivity index (χ1v) is 11.6. The van der Waals surface area contributed by atoms with Crippen molar-refractivity contribution in [2.45, 2.75) is 64.0 Å². The molecule has 3 rings (SSSR count). The van der Waals surface area contributed by atoms with E-state index in [4.69, 9.17) is 0 Å². The second-order valence-electron chi connectivity index (χ2n) is 7.96. The molecule has 1 unspecified atom stereocenters. The molecule has 3 fully saturated rings. The van der Waals surface area contributed by atoms with Gasteiger partial charge in [-0.2, -0.15) is 17.4 Å². The molecule has 3 heterocycles. The number of likely N-dealkylation sites (tertiary alicyclic amines) is 1. The Morgan fingerprint density at radius 2 is 1.82 bits per heavy atom. The lowest BCUT2D eigenvalue weighted by atomic mass is 9.97. The van der Waals surface area contributed by atoms with Gasteiger partial charge in [0.25, 0.3) is 10.2 Å². The zero-order valence-electron chi connectivity index (χ0n) is 16.4. The Morgan fingerprint density at radius 1 is 1.07 bits per heavy atom. The predicted octanol–water partition coefficient (Wildman–Crippen LogP) is -0.218. The summed E-state index contributed by atoms with van der Waals surface area (Å²) in [5.74, 6) is -0.905. The number of nitrogens with one attached hydrogen (secondary N) is 2. The first kappa shape index (κ1) is 21.2. The van der Waals surface area contributed by atoms with Crippen LogP contribution in [0.5, 0.6) is 0 Å². The fourth-order valence-electron chi connectivity index (χ4n) is 4.36. The number of carbonyl (C=O) groups excluding carboxylic acids is 3. The van der Waals surface area contributed by atoms with Crippen molar-refractivity contribution in [3.8, 4) is 0 Å². The average Bonchev–Trinajstić information content (AvgIpc) is 3.08. The Balaban J connectivity index is 1.65. The summed E-state index contributed by atoms with van der Waals surface area (Å²) < 4.78 is 29.5. The fraction of sp³-hybridized carbons (Fsp3) is 0.833. The van der Waals surface area contributed by atoms with Crippen LogP contribution in [0.15, 0.2) is 0 Å². The van der Waals surface area contributed by atoms with Crippen molar-refractivity contribution in [2.24, 2.45) is 5.92 Å². The van der Waals surface area contributed by atoms with E-state index in [0.29, 0.717) is 45.3 Å². The lowest BCUT2D eigenvalue weighted by molar-refractivity contribution is -0.141. The van der Waals surface area contributed by atoms with E-state index in [1.165, 1.54) is 11.2 Å². The van der Waals surface area contributed by atoms with E-state index in [9.17, 15) is 22.8 Å². The average molecular weight is 415 g/mol. The van der Waals surface area contributed by atoms with Gasteiger partial charge >= 0.3 is 0 Å². The van der Waals surface area contributed by atoms with Gasteiger partial charge in [0.1, 0.15) is 6.04 Å². The summed E-state index contributed by atoms with van der Waals surface area (Å²) in [7, 11) is -3.87. The third-order valence-electron chi connectivity index (χ3n) is 5.90. The molecule has 3 atom stereocenters. The molecule has 10 heteroatoms. The van der Waals surface area contributed by atoms with Crippen LogP contribution in [0.4, 0.5) is 0 Å². The fourth-order valence-corrected chi connectivity index (χ4v) is 5.84. The summed E-state index contributed by atoms with van der Waals surface area (Å²) >= 11 is 0. The Kier molecular flexibility index (Phi) is 6.72.